The van der Waals surface area contributed by atoms with Crippen molar-refractivity contribution in [3.63, 3.8) is 0 Å². The lowest BCUT2D eigenvalue weighted by Crippen LogP contribution is -1.94. The second-order valence-corrected chi connectivity index (χ2v) is 7.16. The lowest BCUT2D eigenvalue weighted by molar-refractivity contribution is 0.0697. The molecule has 0 aliphatic rings. The topological polar surface area (TPSA) is 50.2 Å². The summed E-state index contributed by atoms with van der Waals surface area (Å²) in [4.78, 5) is 15.6. The molecule has 0 spiro atoms. The van der Waals surface area contributed by atoms with Crippen molar-refractivity contribution in [3.05, 3.63) is 78.1 Å². The zero-order chi connectivity index (χ0) is 19.8. The summed E-state index contributed by atoms with van der Waals surface area (Å²) in [7, 11) is 0. The van der Waals surface area contributed by atoms with Gasteiger partial charge in [0, 0.05) is 17.5 Å². The van der Waals surface area contributed by atoms with Crippen LogP contribution in [0, 0.1) is 0 Å². The Morgan fingerprint density at radius 3 is 1.82 bits per heavy atom. The summed E-state index contributed by atoms with van der Waals surface area (Å²) in [5.74, 6) is -0.904. The lowest BCUT2D eigenvalue weighted by atomic mass is 10.00. The number of rotatable bonds is 9. The van der Waals surface area contributed by atoms with Gasteiger partial charge in [-0.1, -0.05) is 75.1 Å². The minimum Gasteiger partial charge on any atom is -0.478 e. The van der Waals surface area contributed by atoms with E-state index >= 15 is 0 Å². The zero-order valence-corrected chi connectivity index (χ0v) is 16.4. The quantitative estimate of drug-likeness (QED) is 0.428. The van der Waals surface area contributed by atoms with Gasteiger partial charge in [0.1, 0.15) is 0 Å². The van der Waals surface area contributed by atoms with Crippen LogP contribution in [-0.4, -0.2) is 16.1 Å². The summed E-state index contributed by atoms with van der Waals surface area (Å²) < 4.78 is 0. The smallest absolute Gasteiger partial charge is 0.335 e. The van der Waals surface area contributed by atoms with Gasteiger partial charge in [0.05, 0.1) is 5.56 Å². The first kappa shape index (κ1) is 19.8. The number of aromatic carboxylic acids is 1. The normalized spacial score (nSPS) is 10.8. The number of carboxylic acids is 1. The Bertz CT molecular complexity index is 881. The molecule has 0 aliphatic carbocycles. The van der Waals surface area contributed by atoms with E-state index in [9.17, 15) is 4.79 Å². The molecule has 0 saturated carbocycles. The number of hydrogen-bond donors (Lipinski definition) is 1. The Labute approximate surface area is 167 Å². The molecular weight excluding hydrogens is 346 g/mol. The minimum atomic E-state index is -0.904. The van der Waals surface area contributed by atoms with Crippen molar-refractivity contribution in [2.24, 2.45) is 0 Å². The first-order chi connectivity index (χ1) is 13.7. The third-order valence-electron chi connectivity index (χ3n) is 5.04. The van der Waals surface area contributed by atoms with Crippen molar-refractivity contribution >= 4 is 5.97 Å². The number of aryl methyl sites for hydroxylation is 1. The number of carbonyl (C=O) groups is 1. The maximum Gasteiger partial charge on any atom is 0.335 e. The van der Waals surface area contributed by atoms with E-state index in [1.54, 1.807) is 12.1 Å². The molecule has 0 radical (unpaired) electrons. The highest BCUT2D eigenvalue weighted by Gasteiger charge is 2.04. The molecule has 28 heavy (non-hydrogen) atoms. The highest BCUT2D eigenvalue weighted by atomic mass is 16.4. The van der Waals surface area contributed by atoms with Crippen LogP contribution < -0.4 is 0 Å². The predicted octanol–water partition coefficient (Wildman–Crippen LogP) is 6.63. The fourth-order valence-electron chi connectivity index (χ4n) is 3.31. The minimum absolute atomic E-state index is 0.303. The van der Waals surface area contributed by atoms with Crippen LogP contribution in [0.4, 0.5) is 0 Å². The molecule has 0 fully saturated rings. The molecule has 0 amide bonds. The Kier molecular flexibility index (Phi) is 6.96. The number of hydrogen-bond acceptors (Lipinski definition) is 2. The first-order valence-electron chi connectivity index (χ1n) is 10.1. The van der Waals surface area contributed by atoms with Crippen molar-refractivity contribution in [1.29, 1.82) is 0 Å². The van der Waals surface area contributed by atoms with Crippen LogP contribution in [-0.2, 0) is 6.42 Å². The van der Waals surface area contributed by atoms with E-state index in [0.717, 1.165) is 34.4 Å². The SMILES string of the molecule is CCCCCCCc1ccc(-c2ccc(-c3ccc(C(=O)O)cc3)cc2)cn1. The largest absolute Gasteiger partial charge is 0.478 e. The molecule has 1 heterocycles. The molecule has 3 aromatic rings. The number of pyridine rings is 1. The van der Waals surface area contributed by atoms with Crippen LogP contribution in [0.15, 0.2) is 66.9 Å². The van der Waals surface area contributed by atoms with Crippen LogP contribution >= 0.6 is 0 Å². The van der Waals surface area contributed by atoms with Gasteiger partial charge in [-0.05, 0) is 47.7 Å². The van der Waals surface area contributed by atoms with Crippen LogP contribution in [0.5, 0.6) is 0 Å². The highest BCUT2D eigenvalue weighted by Crippen LogP contribution is 2.25. The van der Waals surface area contributed by atoms with Crippen molar-refractivity contribution in [3.8, 4) is 22.3 Å². The van der Waals surface area contributed by atoms with Crippen molar-refractivity contribution in [2.45, 2.75) is 45.4 Å². The standard InChI is InChI=1S/C25H27NO2/c1-2-3-4-5-6-7-24-17-16-23(18-26-24)21-10-8-19(9-11-21)20-12-14-22(15-13-20)25(27)28/h8-18H,2-7H2,1H3,(H,27,28). The number of aromatic nitrogens is 1. The van der Waals surface area contributed by atoms with Crippen molar-refractivity contribution in [2.75, 3.05) is 0 Å². The number of nitrogens with zero attached hydrogens (tertiary/aromatic N) is 1. The van der Waals surface area contributed by atoms with Gasteiger partial charge in [0.25, 0.3) is 0 Å². The van der Waals surface area contributed by atoms with Gasteiger partial charge in [-0.2, -0.15) is 0 Å². The first-order valence-corrected chi connectivity index (χ1v) is 10.1. The molecule has 3 nitrogen and oxygen atoms in total. The second-order valence-electron chi connectivity index (χ2n) is 7.16. The number of unbranched alkanes of at least 4 members (excludes halogenated alkanes) is 4. The van der Waals surface area contributed by atoms with Crippen molar-refractivity contribution in [1.82, 2.24) is 4.98 Å². The molecule has 0 atom stereocenters. The summed E-state index contributed by atoms with van der Waals surface area (Å²) in [6.45, 7) is 2.24. The molecule has 0 aliphatic heterocycles. The van der Waals surface area contributed by atoms with Gasteiger partial charge in [-0.25, -0.2) is 4.79 Å². The molecule has 3 rings (SSSR count). The van der Waals surface area contributed by atoms with Crippen LogP contribution in [0.3, 0.4) is 0 Å². The lowest BCUT2D eigenvalue weighted by Gasteiger charge is -2.07. The van der Waals surface area contributed by atoms with Crippen LogP contribution in [0.25, 0.3) is 22.3 Å². The van der Waals surface area contributed by atoms with E-state index < -0.39 is 5.97 Å². The summed E-state index contributed by atoms with van der Waals surface area (Å²) in [6.07, 6.45) is 9.42. The fraction of sp³-hybridized carbons (Fsp3) is 0.280. The molecule has 0 saturated heterocycles. The summed E-state index contributed by atoms with van der Waals surface area (Å²) in [5, 5.41) is 9.00. The van der Waals surface area contributed by atoms with Crippen LogP contribution in [0.1, 0.15) is 55.1 Å². The van der Waals surface area contributed by atoms with Gasteiger partial charge in [0.15, 0.2) is 0 Å². The van der Waals surface area contributed by atoms with Gasteiger partial charge in [-0.3, -0.25) is 4.98 Å². The summed E-state index contributed by atoms with van der Waals surface area (Å²) in [6, 6.07) is 19.5. The van der Waals surface area contributed by atoms with Crippen molar-refractivity contribution < 1.29 is 9.90 Å². The molecule has 1 aromatic heterocycles. The van der Waals surface area contributed by atoms with Gasteiger partial charge < -0.3 is 5.11 Å². The molecular formula is C25H27NO2. The average Bonchev–Trinajstić information content (AvgIpc) is 2.74. The monoisotopic (exact) mass is 373 g/mol. The third-order valence-corrected chi connectivity index (χ3v) is 5.04. The average molecular weight is 373 g/mol. The van der Waals surface area contributed by atoms with Gasteiger partial charge in [-0.15, -0.1) is 0 Å². The molecule has 0 unspecified atom stereocenters. The summed E-state index contributed by atoms with van der Waals surface area (Å²) in [5.41, 5.74) is 5.79. The molecule has 144 valence electrons. The Morgan fingerprint density at radius 1 is 0.750 bits per heavy atom. The third kappa shape index (κ3) is 5.29. The van der Waals surface area contributed by atoms with Gasteiger partial charge in [0.2, 0.25) is 0 Å². The summed E-state index contributed by atoms with van der Waals surface area (Å²) >= 11 is 0. The number of carboxylic acid groups (broad SMARTS) is 1. The second kappa shape index (κ2) is 9.84. The van der Waals surface area contributed by atoms with E-state index in [1.165, 1.54) is 32.1 Å². The van der Waals surface area contributed by atoms with Crippen LogP contribution in [0.2, 0.25) is 0 Å². The van der Waals surface area contributed by atoms with Gasteiger partial charge >= 0.3 is 5.97 Å². The Hall–Kier alpha value is -2.94. The molecule has 1 N–H and O–H groups in total. The van der Waals surface area contributed by atoms with E-state index in [-0.39, 0.29) is 0 Å². The van der Waals surface area contributed by atoms with E-state index in [0.29, 0.717) is 5.56 Å². The fourth-order valence-corrected chi connectivity index (χ4v) is 3.31. The van der Waals surface area contributed by atoms with E-state index in [1.807, 2.05) is 18.3 Å². The molecule has 0 bridgehead atoms. The van der Waals surface area contributed by atoms with E-state index in [2.05, 4.69) is 48.3 Å². The molecule has 3 heteroatoms. The Balaban J connectivity index is 1.62. The van der Waals surface area contributed by atoms with E-state index in [4.69, 9.17) is 5.11 Å². The maximum atomic E-state index is 11.0. The maximum absolute atomic E-state index is 11.0. The highest BCUT2D eigenvalue weighted by molar-refractivity contribution is 5.88. The number of benzene rings is 2. The zero-order valence-electron chi connectivity index (χ0n) is 16.4. The Morgan fingerprint density at radius 2 is 1.29 bits per heavy atom. The molecule has 2 aromatic carbocycles. The predicted molar refractivity (Wildman–Crippen MR) is 115 cm³/mol.